The summed E-state index contributed by atoms with van der Waals surface area (Å²) < 4.78 is 18.4. The van der Waals surface area contributed by atoms with Crippen molar-refractivity contribution in [3.63, 3.8) is 0 Å². The zero-order valence-corrected chi connectivity index (χ0v) is 18.5. The first kappa shape index (κ1) is 21.1. The summed E-state index contributed by atoms with van der Waals surface area (Å²) in [5.74, 6) is 0.581. The lowest BCUT2D eigenvalue weighted by molar-refractivity contribution is -0.00294. The molecule has 0 N–H and O–H groups in total. The number of pyridine rings is 2. The van der Waals surface area contributed by atoms with E-state index in [1.54, 1.807) is 12.3 Å². The third-order valence-corrected chi connectivity index (χ3v) is 7.18. The zero-order chi connectivity index (χ0) is 22.1. The molecule has 2 saturated heterocycles. The van der Waals surface area contributed by atoms with Gasteiger partial charge in [0.25, 0.3) is 0 Å². The highest BCUT2D eigenvalue weighted by atomic mass is 19.1. The van der Waals surface area contributed by atoms with Gasteiger partial charge in [0.2, 0.25) is 0 Å². The molecule has 1 atom stereocenters. The normalized spacial score (nSPS) is 22.8. The monoisotopic (exact) mass is 439 g/mol. The lowest BCUT2D eigenvalue weighted by atomic mass is 9.78. The molecule has 3 fully saturated rings. The number of hydrogen-bond donors (Lipinski definition) is 0. The second kappa shape index (κ2) is 8.65. The number of piperazine rings is 1. The van der Waals surface area contributed by atoms with Crippen molar-refractivity contribution in [2.45, 2.75) is 32.2 Å². The van der Waals surface area contributed by atoms with Crippen LogP contribution in [0.25, 0.3) is 11.3 Å². The zero-order valence-electron chi connectivity index (χ0n) is 18.5. The Morgan fingerprint density at radius 1 is 1.19 bits per heavy atom. The lowest BCUT2D eigenvalue weighted by Crippen LogP contribution is -2.58. The van der Waals surface area contributed by atoms with E-state index in [0.717, 1.165) is 62.8 Å². The van der Waals surface area contributed by atoms with E-state index in [4.69, 9.17) is 4.74 Å². The standard InChI is InChI=1S/C24H30FN5O2/c1-2-32-23(31)30-16-24(17-30)8-7-19(14-24)28-10-12-29(13-11-28)22-20(4-3-9-26-22)21-6-5-18(25)15-27-21/h3-6,9,15,19H,2,7-8,10-14,16-17H2,1H3/t19-/m1/s1. The molecule has 3 aliphatic rings. The minimum atomic E-state index is -0.334. The van der Waals surface area contributed by atoms with E-state index in [0.29, 0.717) is 12.6 Å². The molecule has 1 spiro atoms. The molecular formula is C24H30FN5O2. The molecule has 2 aromatic heterocycles. The SMILES string of the molecule is CCOC(=O)N1CC2(CC[C@@H](N3CCN(c4ncccc4-c4ccc(F)cn4)CC3)C2)C1. The topological polar surface area (TPSA) is 61.8 Å². The molecule has 32 heavy (non-hydrogen) atoms. The highest BCUT2D eigenvalue weighted by molar-refractivity contribution is 5.73. The predicted octanol–water partition coefficient (Wildman–Crippen LogP) is 3.42. The molecule has 0 radical (unpaired) electrons. The Labute approximate surface area is 188 Å². The Balaban J connectivity index is 1.18. The first-order valence-corrected chi connectivity index (χ1v) is 11.5. The second-order valence-corrected chi connectivity index (χ2v) is 9.21. The van der Waals surface area contributed by atoms with E-state index >= 15 is 0 Å². The number of carbonyl (C=O) groups is 1. The van der Waals surface area contributed by atoms with Crippen LogP contribution in [0.1, 0.15) is 26.2 Å². The molecular weight excluding hydrogens is 409 g/mol. The van der Waals surface area contributed by atoms with E-state index in [1.807, 2.05) is 24.0 Å². The number of anilines is 1. The number of likely N-dealkylation sites (tertiary alicyclic amines) is 1. The van der Waals surface area contributed by atoms with Gasteiger partial charge in [0.1, 0.15) is 11.6 Å². The van der Waals surface area contributed by atoms with Crippen molar-refractivity contribution >= 4 is 11.9 Å². The van der Waals surface area contributed by atoms with Crippen LogP contribution in [0.3, 0.4) is 0 Å². The van der Waals surface area contributed by atoms with Crippen molar-refractivity contribution in [2.24, 2.45) is 5.41 Å². The number of ether oxygens (including phenoxy) is 1. The molecule has 2 aromatic rings. The highest BCUT2D eigenvalue weighted by Gasteiger charge is 2.51. The van der Waals surface area contributed by atoms with Crippen LogP contribution in [-0.4, -0.2) is 77.8 Å². The summed E-state index contributed by atoms with van der Waals surface area (Å²) in [7, 11) is 0. The number of rotatable bonds is 4. The van der Waals surface area contributed by atoms with Crippen LogP contribution in [0.4, 0.5) is 15.0 Å². The fourth-order valence-corrected chi connectivity index (χ4v) is 5.57. The summed E-state index contributed by atoms with van der Waals surface area (Å²) in [6.07, 6.45) is 6.44. The lowest BCUT2D eigenvalue weighted by Gasteiger charge is -2.48. The van der Waals surface area contributed by atoms with E-state index in [2.05, 4.69) is 19.8 Å². The van der Waals surface area contributed by atoms with Gasteiger partial charge in [-0.05, 0) is 50.5 Å². The maximum Gasteiger partial charge on any atom is 0.409 e. The summed E-state index contributed by atoms with van der Waals surface area (Å²) in [4.78, 5) is 27.6. The Morgan fingerprint density at radius 2 is 2.00 bits per heavy atom. The first-order chi connectivity index (χ1) is 15.6. The number of halogens is 1. The van der Waals surface area contributed by atoms with Gasteiger partial charge in [-0.3, -0.25) is 9.88 Å². The van der Waals surface area contributed by atoms with Gasteiger partial charge in [0.05, 0.1) is 18.5 Å². The number of hydrogen-bond acceptors (Lipinski definition) is 6. The third kappa shape index (κ3) is 4.03. The second-order valence-electron chi connectivity index (χ2n) is 9.21. The largest absolute Gasteiger partial charge is 0.450 e. The molecule has 1 aliphatic carbocycles. The number of nitrogens with zero attached hydrogens (tertiary/aromatic N) is 5. The van der Waals surface area contributed by atoms with Crippen LogP contribution in [0, 0.1) is 11.2 Å². The van der Waals surface area contributed by atoms with Gasteiger partial charge < -0.3 is 14.5 Å². The van der Waals surface area contributed by atoms with Crippen LogP contribution >= 0.6 is 0 Å². The van der Waals surface area contributed by atoms with Crippen molar-refractivity contribution < 1.29 is 13.9 Å². The average molecular weight is 440 g/mol. The minimum Gasteiger partial charge on any atom is -0.450 e. The summed E-state index contributed by atoms with van der Waals surface area (Å²) in [5.41, 5.74) is 1.97. The Hall–Kier alpha value is -2.74. The van der Waals surface area contributed by atoms with E-state index in [9.17, 15) is 9.18 Å². The molecule has 0 unspecified atom stereocenters. The number of aromatic nitrogens is 2. The summed E-state index contributed by atoms with van der Waals surface area (Å²) >= 11 is 0. The van der Waals surface area contributed by atoms with E-state index < -0.39 is 0 Å². The average Bonchev–Trinajstić information content (AvgIpc) is 3.25. The Kier molecular flexibility index (Phi) is 5.71. The molecule has 2 aliphatic heterocycles. The molecule has 4 heterocycles. The van der Waals surface area contributed by atoms with Crippen LogP contribution in [0.2, 0.25) is 0 Å². The number of carbonyl (C=O) groups excluding carboxylic acids is 1. The van der Waals surface area contributed by atoms with Gasteiger partial charge in [-0.2, -0.15) is 0 Å². The van der Waals surface area contributed by atoms with Gasteiger partial charge in [-0.15, -0.1) is 0 Å². The van der Waals surface area contributed by atoms with Gasteiger partial charge in [0.15, 0.2) is 0 Å². The van der Waals surface area contributed by atoms with Crippen molar-refractivity contribution in [3.05, 3.63) is 42.5 Å². The molecule has 7 nitrogen and oxygen atoms in total. The summed E-state index contributed by atoms with van der Waals surface area (Å²) in [6.45, 7) is 7.76. The Morgan fingerprint density at radius 3 is 2.72 bits per heavy atom. The first-order valence-electron chi connectivity index (χ1n) is 11.5. The van der Waals surface area contributed by atoms with Crippen LogP contribution in [-0.2, 0) is 4.74 Å². The molecule has 0 aromatic carbocycles. The molecule has 0 bridgehead atoms. The maximum absolute atomic E-state index is 13.3. The van der Waals surface area contributed by atoms with Crippen molar-refractivity contribution in [2.75, 3.05) is 50.8 Å². The summed E-state index contributed by atoms with van der Waals surface area (Å²) in [5, 5.41) is 0. The van der Waals surface area contributed by atoms with Crippen LogP contribution in [0.5, 0.6) is 0 Å². The molecule has 1 amide bonds. The molecule has 170 valence electrons. The van der Waals surface area contributed by atoms with E-state index in [1.165, 1.54) is 25.1 Å². The third-order valence-electron chi connectivity index (χ3n) is 7.18. The molecule has 8 heteroatoms. The smallest absolute Gasteiger partial charge is 0.409 e. The predicted molar refractivity (Wildman–Crippen MR) is 120 cm³/mol. The molecule has 5 rings (SSSR count). The highest BCUT2D eigenvalue weighted by Crippen LogP contribution is 2.47. The number of amides is 1. The molecule has 1 saturated carbocycles. The minimum absolute atomic E-state index is 0.169. The fourth-order valence-electron chi connectivity index (χ4n) is 5.57. The summed E-state index contributed by atoms with van der Waals surface area (Å²) in [6, 6.07) is 7.64. The van der Waals surface area contributed by atoms with Gasteiger partial charge in [0, 0.05) is 62.5 Å². The van der Waals surface area contributed by atoms with Gasteiger partial charge in [-0.1, -0.05) is 0 Å². The fraction of sp³-hybridized carbons (Fsp3) is 0.542. The van der Waals surface area contributed by atoms with Crippen molar-refractivity contribution in [3.8, 4) is 11.3 Å². The van der Waals surface area contributed by atoms with Crippen molar-refractivity contribution in [1.29, 1.82) is 0 Å². The van der Waals surface area contributed by atoms with Crippen LogP contribution in [0.15, 0.2) is 36.7 Å². The van der Waals surface area contributed by atoms with Gasteiger partial charge >= 0.3 is 6.09 Å². The maximum atomic E-state index is 13.3. The van der Waals surface area contributed by atoms with Gasteiger partial charge in [-0.25, -0.2) is 14.2 Å². The van der Waals surface area contributed by atoms with Crippen LogP contribution < -0.4 is 4.90 Å². The van der Waals surface area contributed by atoms with Crippen molar-refractivity contribution in [1.82, 2.24) is 19.8 Å². The Bertz CT molecular complexity index is 955. The van der Waals surface area contributed by atoms with E-state index in [-0.39, 0.29) is 17.3 Å². The quantitative estimate of drug-likeness (QED) is 0.728.